The van der Waals surface area contributed by atoms with Gasteiger partial charge in [-0.05, 0) is 45.6 Å². The maximum Gasteiger partial charge on any atom is 0.408 e. The summed E-state index contributed by atoms with van der Waals surface area (Å²) in [6.07, 6.45) is 1.48. The van der Waals surface area contributed by atoms with E-state index >= 15 is 0 Å². The molecule has 1 heterocycles. The number of methoxy groups -OCH3 is 1. The molecule has 2 atom stereocenters. The number of carbonyl (C=O) groups excluding carboxylic acids is 3. The second-order valence-electron chi connectivity index (χ2n) is 7.93. The third-order valence-corrected chi connectivity index (χ3v) is 4.15. The quantitative estimate of drug-likeness (QED) is 0.710. The summed E-state index contributed by atoms with van der Waals surface area (Å²) in [6.45, 7) is 9.11. The molecule has 1 saturated heterocycles. The first kappa shape index (κ1) is 22.9. The molecule has 1 aliphatic rings. The van der Waals surface area contributed by atoms with Crippen LogP contribution < -0.4 is 5.32 Å². The van der Waals surface area contributed by atoms with Gasteiger partial charge < -0.3 is 19.7 Å². The van der Waals surface area contributed by atoms with Gasteiger partial charge in [-0.25, -0.2) is 14.0 Å². The molecule has 1 rings (SSSR count). The van der Waals surface area contributed by atoms with Gasteiger partial charge in [-0.2, -0.15) is 0 Å². The summed E-state index contributed by atoms with van der Waals surface area (Å²) in [7, 11) is 1.28. The van der Waals surface area contributed by atoms with Crippen LogP contribution in [0.1, 0.15) is 53.9 Å². The standard InChI is InChI=1S/C19H31FN2O5/c1-12(2)16(21-18(25)27-19(3,4)5)13(20)9-10-15(23)22-11-7-8-14(22)17(24)26-6/h9,12,14,16H,7-8,10-11H2,1-6H3,(H,21,25)/b13-9+/t14-,16+/m0/s1. The Morgan fingerprint density at radius 3 is 2.44 bits per heavy atom. The van der Waals surface area contributed by atoms with Crippen molar-refractivity contribution in [3.63, 3.8) is 0 Å². The third kappa shape index (κ3) is 7.19. The Labute approximate surface area is 160 Å². The number of rotatable bonds is 6. The zero-order valence-corrected chi connectivity index (χ0v) is 17.0. The number of nitrogens with one attached hydrogen (secondary N) is 1. The van der Waals surface area contributed by atoms with E-state index in [0.29, 0.717) is 19.4 Å². The minimum Gasteiger partial charge on any atom is -0.467 e. The summed E-state index contributed by atoms with van der Waals surface area (Å²) in [5.74, 6) is -1.66. The van der Waals surface area contributed by atoms with Crippen LogP contribution in [0.2, 0.25) is 0 Å². The van der Waals surface area contributed by atoms with Crippen molar-refractivity contribution in [2.75, 3.05) is 13.7 Å². The molecule has 0 bridgehead atoms. The van der Waals surface area contributed by atoms with Gasteiger partial charge in [-0.3, -0.25) is 4.79 Å². The van der Waals surface area contributed by atoms with Gasteiger partial charge in [0.2, 0.25) is 5.91 Å². The fraction of sp³-hybridized carbons (Fsp3) is 0.737. The van der Waals surface area contributed by atoms with Crippen LogP contribution in [-0.2, 0) is 19.1 Å². The lowest BCUT2D eigenvalue weighted by molar-refractivity contribution is -0.150. The van der Waals surface area contributed by atoms with Crippen LogP contribution in [0.5, 0.6) is 0 Å². The molecule has 0 spiro atoms. The van der Waals surface area contributed by atoms with E-state index < -0.39 is 35.6 Å². The highest BCUT2D eigenvalue weighted by molar-refractivity contribution is 5.85. The van der Waals surface area contributed by atoms with Crippen LogP contribution in [0.25, 0.3) is 0 Å². The zero-order valence-electron chi connectivity index (χ0n) is 17.0. The lowest BCUT2D eigenvalue weighted by Crippen LogP contribution is -2.42. The number of carbonyl (C=O) groups is 3. The monoisotopic (exact) mass is 386 g/mol. The van der Waals surface area contributed by atoms with Crippen molar-refractivity contribution in [1.29, 1.82) is 0 Å². The first-order valence-electron chi connectivity index (χ1n) is 9.18. The van der Waals surface area contributed by atoms with Crippen molar-refractivity contribution in [1.82, 2.24) is 10.2 Å². The second-order valence-corrected chi connectivity index (χ2v) is 7.93. The summed E-state index contributed by atoms with van der Waals surface area (Å²) in [6, 6.07) is -1.51. The Morgan fingerprint density at radius 1 is 1.30 bits per heavy atom. The minimum absolute atomic E-state index is 0.196. The van der Waals surface area contributed by atoms with Gasteiger partial charge in [0.15, 0.2) is 0 Å². The topological polar surface area (TPSA) is 84.9 Å². The van der Waals surface area contributed by atoms with Gasteiger partial charge in [0.1, 0.15) is 17.5 Å². The molecule has 154 valence electrons. The molecule has 1 fully saturated rings. The molecule has 0 aromatic carbocycles. The van der Waals surface area contributed by atoms with E-state index in [2.05, 4.69) is 5.32 Å². The molecule has 0 aromatic heterocycles. The van der Waals surface area contributed by atoms with E-state index in [9.17, 15) is 18.8 Å². The zero-order chi connectivity index (χ0) is 20.8. The molecule has 27 heavy (non-hydrogen) atoms. The van der Waals surface area contributed by atoms with Crippen LogP contribution in [-0.4, -0.2) is 54.2 Å². The van der Waals surface area contributed by atoms with Crippen molar-refractivity contribution in [3.05, 3.63) is 11.9 Å². The predicted molar refractivity (Wildman–Crippen MR) is 98.6 cm³/mol. The molecule has 7 nitrogen and oxygen atoms in total. The van der Waals surface area contributed by atoms with Crippen molar-refractivity contribution in [3.8, 4) is 0 Å². The highest BCUT2D eigenvalue weighted by Crippen LogP contribution is 2.21. The van der Waals surface area contributed by atoms with E-state index in [0.717, 1.165) is 6.08 Å². The number of ether oxygens (including phenoxy) is 2. The number of halogens is 1. The number of likely N-dealkylation sites (tertiary alicyclic amines) is 1. The van der Waals surface area contributed by atoms with Crippen LogP contribution >= 0.6 is 0 Å². The highest BCUT2D eigenvalue weighted by Gasteiger charge is 2.34. The van der Waals surface area contributed by atoms with Gasteiger partial charge in [-0.1, -0.05) is 13.8 Å². The van der Waals surface area contributed by atoms with E-state index in [1.165, 1.54) is 12.0 Å². The fourth-order valence-corrected chi connectivity index (χ4v) is 2.86. The fourth-order valence-electron chi connectivity index (χ4n) is 2.86. The van der Waals surface area contributed by atoms with Crippen molar-refractivity contribution < 1.29 is 28.2 Å². The number of esters is 1. The highest BCUT2D eigenvalue weighted by atomic mass is 19.1. The maximum absolute atomic E-state index is 14.6. The summed E-state index contributed by atoms with van der Waals surface area (Å²) < 4.78 is 24.5. The smallest absolute Gasteiger partial charge is 0.408 e. The van der Waals surface area contributed by atoms with Crippen LogP contribution in [0.4, 0.5) is 9.18 Å². The molecule has 1 aliphatic heterocycles. The average Bonchev–Trinajstić information content (AvgIpc) is 3.04. The first-order valence-corrected chi connectivity index (χ1v) is 9.18. The number of hydrogen-bond donors (Lipinski definition) is 1. The van der Waals surface area contributed by atoms with Crippen LogP contribution in [0.3, 0.4) is 0 Å². The Balaban J connectivity index is 2.74. The van der Waals surface area contributed by atoms with Crippen LogP contribution in [0, 0.1) is 5.92 Å². The van der Waals surface area contributed by atoms with E-state index in [1.807, 2.05) is 0 Å². The number of nitrogens with zero attached hydrogens (tertiary/aromatic N) is 1. The van der Waals surface area contributed by atoms with Gasteiger partial charge in [0, 0.05) is 13.0 Å². The van der Waals surface area contributed by atoms with Crippen molar-refractivity contribution in [2.45, 2.75) is 71.6 Å². The largest absolute Gasteiger partial charge is 0.467 e. The molecule has 1 N–H and O–H groups in total. The van der Waals surface area contributed by atoms with Gasteiger partial charge in [-0.15, -0.1) is 0 Å². The average molecular weight is 386 g/mol. The lowest BCUT2D eigenvalue weighted by atomic mass is 10.0. The first-order chi connectivity index (χ1) is 12.5. The SMILES string of the molecule is COC(=O)[C@@H]1CCCN1C(=O)C/C=C(/F)[C@H](NC(=O)OC(C)(C)C)C(C)C. The molecule has 0 unspecified atom stereocenters. The predicted octanol–water partition coefficient (Wildman–Crippen LogP) is 2.94. The summed E-state index contributed by atoms with van der Waals surface area (Å²) >= 11 is 0. The minimum atomic E-state index is -0.900. The molecule has 0 radical (unpaired) electrons. The molecule has 0 saturated carbocycles. The Kier molecular flexibility index (Phi) is 8.24. The summed E-state index contributed by atoms with van der Waals surface area (Å²) in [5.41, 5.74) is -0.694. The maximum atomic E-state index is 14.6. The van der Waals surface area contributed by atoms with E-state index in [-0.39, 0.29) is 18.2 Å². The Bertz CT molecular complexity index is 583. The van der Waals surface area contributed by atoms with Gasteiger partial charge >= 0.3 is 12.1 Å². The Hall–Kier alpha value is -2.12. The van der Waals surface area contributed by atoms with E-state index in [4.69, 9.17) is 9.47 Å². The molecule has 2 amide bonds. The van der Waals surface area contributed by atoms with Crippen molar-refractivity contribution in [2.24, 2.45) is 5.92 Å². The molecular weight excluding hydrogens is 355 g/mol. The summed E-state index contributed by atoms with van der Waals surface area (Å²) in [5, 5.41) is 2.50. The van der Waals surface area contributed by atoms with Gasteiger partial charge in [0.25, 0.3) is 0 Å². The van der Waals surface area contributed by atoms with Gasteiger partial charge in [0.05, 0.1) is 13.2 Å². The molecule has 0 aliphatic carbocycles. The number of amides is 2. The second kappa shape index (κ2) is 9.71. The third-order valence-electron chi connectivity index (χ3n) is 4.15. The summed E-state index contributed by atoms with van der Waals surface area (Å²) in [4.78, 5) is 37.5. The molecule has 8 heteroatoms. The Morgan fingerprint density at radius 2 is 1.93 bits per heavy atom. The number of hydrogen-bond acceptors (Lipinski definition) is 5. The van der Waals surface area contributed by atoms with E-state index in [1.54, 1.807) is 34.6 Å². The number of alkyl carbamates (subject to hydrolysis) is 1. The molecular formula is C19H31FN2O5. The normalized spacial score (nSPS) is 19.0. The lowest BCUT2D eigenvalue weighted by Gasteiger charge is -2.25. The van der Waals surface area contributed by atoms with Crippen LogP contribution in [0.15, 0.2) is 11.9 Å². The van der Waals surface area contributed by atoms with Crippen molar-refractivity contribution >= 4 is 18.0 Å². The molecule has 0 aromatic rings.